The molecule has 72 valence electrons. The molecule has 0 amide bonds. The second kappa shape index (κ2) is 3.32. The van der Waals surface area contributed by atoms with E-state index in [2.05, 4.69) is 4.98 Å². The van der Waals surface area contributed by atoms with Crippen molar-refractivity contribution >= 4 is 0 Å². The fourth-order valence-corrected chi connectivity index (χ4v) is 0.939. The molecule has 0 radical (unpaired) electrons. The smallest absolute Gasteiger partial charge is 0.248 e. The molecule has 1 rings (SSSR count). The van der Waals surface area contributed by atoms with Gasteiger partial charge >= 0.3 is 6.18 Å². The number of aryl methyl sites for hydroxylation is 1. The first-order chi connectivity index (χ1) is 5.95. The largest absolute Gasteiger partial charge is 0.433 e. The second-order valence-electron chi connectivity index (χ2n) is 2.59. The number of pyridine rings is 1. The van der Waals surface area contributed by atoms with Crippen LogP contribution >= 0.6 is 0 Å². The minimum Gasteiger partial charge on any atom is -0.248 e. The standard InChI is InChI=1S/C8H7F4N/c1-5-2-3-6(4-9)7(13-5)8(10,11)12/h2-3H,4H2,1H3. The Kier molecular flexibility index (Phi) is 2.54. The first-order valence-corrected chi connectivity index (χ1v) is 3.55. The molecule has 0 saturated carbocycles. The van der Waals surface area contributed by atoms with Crippen molar-refractivity contribution in [2.24, 2.45) is 0 Å². The minimum absolute atomic E-state index is 0.226. The van der Waals surface area contributed by atoms with Gasteiger partial charge in [0.15, 0.2) is 5.69 Å². The maximum atomic E-state index is 12.2. The number of hydrogen-bond donors (Lipinski definition) is 0. The number of alkyl halides is 4. The third-order valence-corrected chi connectivity index (χ3v) is 1.53. The zero-order valence-electron chi connectivity index (χ0n) is 6.82. The summed E-state index contributed by atoms with van der Waals surface area (Å²) in [7, 11) is 0. The van der Waals surface area contributed by atoms with Crippen LogP contribution in [0.4, 0.5) is 17.6 Å². The second-order valence-corrected chi connectivity index (χ2v) is 2.59. The maximum Gasteiger partial charge on any atom is 0.433 e. The molecule has 1 heterocycles. The highest BCUT2D eigenvalue weighted by atomic mass is 19.4. The molecule has 0 fully saturated rings. The van der Waals surface area contributed by atoms with Gasteiger partial charge in [-0.3, -0.25) is 0 Å². The van der Waals surface area contributed by atoms with Crippen LogP contribution < -0.4 is 0 Å². The molecule has 1 aromatic rings. The molecule has 0 spiro atoms. The maximum absolute atomic E-state index is 12.2. The quantitative estimate of drug-likeness (QED) is 0.625. The number of halogens is 4. The Bertz CT molecular complexity index is 306. The van der Waals surface area contributed by atoms with Crippen LogP contribution in [0.15, 0.2) is 12.1 Å². The molecule has 0 N–H and O–H groups in total. The van der Waals surface area contributed by atoms with Crippen molar-refractivity contribution in [1.82, 2.24) is 4.98 Å². The molecule has 1 nitrogen and oxygen atoms in total. The van der Waals surface area contributed by atoms with Gasteiger partial charge in [0.2, 0.25) is 0 Å². The predicted octanol–water partition coefficient (Wildman–Crippen LogP) is 2.88. The Labute approximate surface area is 72.4 Å². The number of aromatic nitrogens is 1. The van der Waals surface area contributed by atoms with Crippen molar-refractivity contribution in [3.05, 3.63) is 29.1 Å². The van der Waals surface area contributed by atoms with Crippen LogP contribution in [0.2, 0.25) is 0 Å². The monoisotopic (exact) mass is 193 g/mol. The summed E-state index contributed by atoms with van der Waals surface area (Å²) in [5.41, 5.74) is -1.32. The third kappa shape index (κ3) is 2.17. The molecule has 0 bridgehead atoms. The van der Waals surface area contributed by atoms with E-state index in [9.17, 15) is 17.6 Å². The first-order valence-electron chi connectivity index (χ1n) is 3.55. The summed E-state index contributed by atoms with van der Waals surface area (Å²) < 4.78 is 48.7. The highest BCUT2D eigenvalue weighted by molar-refractivity contribution is 5.24. The fourth-order valence-electron chi connectivity index (χ4n) is 0.939. The lowest BCUT2D eigenvalue weighted by Gasteiger charge is -2.09. The van der Waals surface area contributed by atoms with Gasteiger partial charge in [-0.15, -0.1) is 0 Å². The Morgan fingerprint density at radius 2 is 1.92 bits per heavy atom. The summed E-state index contributed by atoms with van der Waals surface area (Å²) in [6.45, 7) is 0.277. The normalized spacial score (nSPS) is 11.8. The van der Waals surface area contributed by atoms with Gasteiger partial charge in [0.05, 0.1) is 0 Å². The Balaban J connectivity index is 3.24. The molecule has 0 saturated heterocycles. The number of hydrogen-bond acceptors (Lipinski definition) is 1. The zero-order chi connectivity index (χ0) is 10.1. The molecule has 0 aromatic carbocycles. The summed E-state index contributed by atoms with van der Waals surface area (Å²) >= 11 is 0. The van der Waals surface area contributed by atoms with Crippen LogP contribution in [0, 0.1) is 6.92 Å². The highest BCUT2D eigenvalue weighted by Crippen LogP contribution is 2.30. The molecule has 0 atom stereocenters. The van der Waals surface area contributed by atoms with Crippen molar-refractivity contribution in [1.29, 1.82) is 0 Å². The van der Waals surface area contributed by atoms with Crippen LogP contribution in [-0.4, -0.2) is 4.98 Å². The van der Waals surface area contributed by atoms with E-state index in [0.29, 0.717) is 0 Å². The van der Waals surface area contributed by atoms with E-state index in [0.717, 1.165) is 6.07 Å². The average Bonchev–Trinajstić information content (AvgIpc) is 2.03. The van der Waals surface area contributed by atoms with Crippen molar-refractivity contribution < 1.29 is 17.6 Å². The lowest BCUT2D eigenvalue weighted by molar-refractivity contribution is -0.142. The summed E-state index contributed by atoms with van der Waals surface area (Å²) in [6.07, 6.45) is -4.58. The summed E-state index contributed by atoms with van der Waals surface area (Å²) in [5, 5.41) is 0. The van der Waals surface area contributed by atoms with Gasteiger partial charge in [0.25, 0.3) is 0 Å². The van der Waals surface area contributed by atoms with Gasteiger partial charge in [-0.25, -0.2) is 9.37 Å². The van der Waals surface area contributed by atoms with Crippen molar-refractivity contribution in [3.8, 4) is 0 Å². The topological polar surface area (TPSA) is 12.9 Å². The number of rotatable bonds is 1. The summed E-state index contributed by atoms with van der Waals surface area (Å²) in [4.78, 5) is 3.25. The van der Waals surface area contributed by atoms with Gasteiger partial charge in [0.1, 0.15) is 6.67 Å². The Morgan fingerprint density at radius 3 is 2.38 bits per heavy atom. The fraction of sp³-hybridized carbons (Fsp3) is 0.375. The van der Waals surface area contributed by atoms with Crippen LogP contribution in [0.1, 0.15) is 17.0 Å². The number of nitrogens with zero attached hydrogens (tertiary/aromatic N) is 1. The first kappa shape index (κ1) is 9.95. The van der Waals surface area contributed by atoms with E-state index >= 15 is 0 Å². The molecule has 5 heteroatoms. The van der Waals surface area contributed by atoms with Crippen LogP contribution in [0.25, 0.3) is 0 Å². The Morgan fingerprint density at radius 1 is 1.31 bits per heavy atom. The average molecular weight is 193 g/mol. The third-order valence-electron chi connectivity index (χ3n) is 1.53. The molecular weight excluding hydrogens is 186 g/mol. The van der Waals surface area contributed by atoms with Crippen molar-refractivity contribution in [3.63, 3.8) is 0 Å². The van der Waals surface area contributed by atoms with Crippen LogP contribution in [0.3, 0.4) is 0 Å². The molecule has 0 aliphatic rings. The lowest BCUT2D eigenvalue weighted by atomic mass is 10.2. The van der Waals surface area contributed by atoms with Crippen molar-refractivity contribution in [2.75, 3.05) is 0 Å². The van der Waals surface area contributed by atoms with Crippen LogP contribution in [0.5, 0.6) is 0 Å². The van der Waals surface area contributed by atoms with Gasteiger partial charge in [0, 0.05) is 11.3 Å². The van der Waals surface area contributed by atoms with Crippen molar-refractivity contribution in [2.45, 2.75) is 19.8 Å². The summed E-state index contributed by atoms with van der Waals surface area (Å²) in [5.74, 6) is 0. The van der Waals surface area contributed by atoms with E-state index in [1.54, 1.807) is 0 Å². The van der Waals surface area contributed by atoms with E-state index in [-0.39, 0.29) is 5.69 Å². The lowest BCUT2D eigenvalue weighted by Crippen LogP contribution is -2.12. The molecule has 1 aromatic heterocycles. The van der Waals surface area contributed by atoms with Gasteiger partial charge in [-0.1, -0.05) is 6.07 Å². The van der Waals surface area contributed by atoms with Gasteiger partial charge in [-0.05, 0) is 13.0 Å². The molecule has 13 heavy (non-hydrogen) atoms. The predicted molar refractivity (Wildman–Crippen MR) is 38.8 cm³/mol. The van der Waals surface area contributed by atoms with Gasteiger partial charge in [-0.2, -0.15) is 13.2 Å². The van der Waals surface area contributed by atoms with E-state index in [1.165, 1.54) is 13.0 Å². The molecule has 0 unspecified atom stereocenters. The molecule has 0 aliphatic carbocycles. The molecular formula is C8H7F4N. The highest BCUT2D eigenvalue weighted by Gasteiger charge is 2.35. The van der Waals surface area contributed by atoms with E-state index < -0.39 is 24.1 Å². The summed E-state index contributed by atoms with van der Waals surface area (Å²) in [6, 6.07) is 2.45. The van der Waals surface area contributed by atoms with Gasteiger partial charge < -0.3 is 0 Å². The molecule has 0 aliphatic heterocycles. The van der Waals surface area contributed by atoms with E-state index in [4.69, 9.17) is 0 Å². The minimum atomic E-state index is -4.58. The SMILES string of the molecule is Cc1ccc(CF)c(C(F)(F)F)n1. The zero-order valence-corrected chi connectivity index (χ0v) is 6.82. The Hall–Kier alpha value is -1.13. The van der Waals surface area contributed by atoms with Crippen LogP contribution in [-0.2, 0) is 12.9 Å². The van der Waals surface area contributed by atoms with E-state index in [1.807, 2.05) is 0 Å².